The normalized spacial score (nSPS) is 32.0. The summed E-state index contributed by atoms with van der Waals surface area (Å²) < 4.78 is 61.7. The van der Waals surface area contributed by atoms with Crippen LogP contribution in [-0.4, -0.2) is 57.1 Å². The van der Waals surface area contributed by atoms with Gasteiger partial charge in [0.05, 0.1) is 4.90 Å². The molecule has 0 aromatic heterocycles. The first kappa shape index (κ1) is 20.0. The molecule has 9 heteroatoms. The molecule has 28 heavy (non-hydrogen) atoms. The van der Waals surface area contributed by atoms with Gasteiger partial charge in [0.25, 0.3) is 0 Å². The number of fused-ring (bicyclic) bond motifs is 1. The number of ether oxygens (including phenoxy) is 2. The summed E-state index contributed by atoms with van der Waals surface area (Å²) in [5.74, 6) is 0.223. The Balaban J connectivity index is 1.63. The highest BCUT2D eigenvalue weighted by Gasteiger charge is 2.54. The Labute approximate surface area is 163 Å². The van der Waals surface area contributed by atoms with E-state index in [9.17, 15) is 17.2 Å². The van der Waals surface area contributed by atoms with Crippen LogP contribution < -0.4 is 10.5 Å². The highest BCUT2D eigenvalue weighted by atomic mass is 32.2. The zero-order valence-corrected chi connectivity index (χ0v) is 16.4. The monoisotopic (exact) mass is 416 g/mol. The van der Waals surface area contributed by atoms with E-state index in [-0.39, 0.29) is 34.6 Å². The molecular formula is C19H26F2N2O4S. The first-order chi connectivity index (χ1) is 13.4. The lowest BCUT2D eigenvalue weighted by Gasteiger charge is -2.36. The number of hydrogen-bond donors (Lipinski definition) is 1. The summed E-state index contributed by atoms with van der Waals surface area (Å²) >= 11 is 0. The smallest absolute Gasteiger partial charge is 0.387 e. The molecule has 4 atom stereocenters. The molecule has 0 spiro atoms. The highest BCUT2D eigenvalue weighted by molar-refractivity contribution is 7.92. The van der Waals surface area contributed by atoms with Crippen LogP contribution in [0.15, 0.2) is 29.2 Å². The quantitative estimate of drug-likeness (QED) is 0.793. The molecule has 1 aromatic rings. The van der Waals surface area contributed by atoms with Crippen molar-refractivity contribution in [1.82, 2.24) is 4.90 Å². The minimum Gasteiger partial charge on any atom is -0.435 e. The summed E-state index contributed by atoms with van der Waals surface area (Å²) in [5.41, 5.74) is 6.14. The van der Waals surface area contributed by atoms with Crippen LogP contribution in [0, 0.1) is 11.8 Å². The van der Waals surface area contributed by atoms with Crippen molar-refractivity contribution in [3.05, 3.63) is 24.3 Å². The number of benzene rings is 1. The molecule has 6 nitrogen and oxygen atoms in total. The van der Waals surface area contributed by atoms with E-state index < -0.39 is 21.8 Å². The fourth-order valence-electron chi connectivity index (χ4n) is 5.11. The Morgan fingerprint density at radius 3 is 2.46 bits per heavy atom. The topological polar surface area (TPSA) is 81.9 Å². The van der Waals surface area contributed by atoms with Crippen LogP contribution in [-0.2, 0) is 14.6 Å². The Bertz CT molecular complexity index is 784. The summed E-state index contributed by atoms with van der Waals surface area (Å²) in [7, 11) is -3.67. The minimum atomic E-state index is -3.67. The van der Waals surface area contributed by atoms with Crippen LogP contribution in [0.2, 0.25) is 0 Å². The van der Waals surface area contributed by atoms with Crippen LogP contribution in [0.4, 0.5) is 8.78 Å². The fraction of sp³-hybridized carbons (Fsp3) is 0.684. The Morgan fingerprint density at radius 2 is 1.82 bits per heavy atom. The van der Waals surface area contributed by atoms with Gasteiger partial charge in [0, 0.05) is 31.8 Å². The first-order valence-corrected chi connectivity index (χ1v) is 11.3. The van der Waals surface area contributed by atoms with Gasteiger partial charge in [0.1, 0.15) is 11.1 Å². The largest absolute Gasteiger partial charge is 0.435 e. The summed E-state index contributed by atoms with van der Waals surface area (Å²) in [6.45, 7) is -0.924. The third-order valence-corrected chi connectivity index (χ3v) is 8.47. The third-order valence-electron chi connectivity index (χ3n) is 6.28. The number of likely N-dealkylation sites (tertiary alicyclic amines) is 1. The van der Waals surface area contributed by atoms with Gasteiger partial charge >= 0.3 is 6.61 Å². The van der Waals surface area contributed by atoms with Gasteiger partial charge in [0.2, 0.25) is 0 Å². The molecule has 0 amide bonds. The number of rotatable bonds is 5. The van der Waals surface area contributed by atoms with Crippen molar-refractivity contribution in [3.8, 4) is 5.75 Å². The van der Waals surface area contributed by atoms with Gasteiger partial charge < -0.3 is 15.2 Å². The SMILES string of the molecule is N[C@H]1C[C@@H]2CN(C3CCOCC3)[C@@H](S(=O)(=O)c3ccc(OC(F)F)cc3)[C@H]2C1. The van der Waals surface area contributed by atoms with E-state index in [1.807, 2.05) is 0 Å². The highest BCUT2D eigenvalue weighted by Crippen LogP contribution is 2.46. The lowest BCUT2D eigenvalue weighted by molar-refractivity contribution is -0.0498. The standard InChI is InChI=1S/C19H26F2N2O4S/c20-19(21)27-15-1-3-16(4-2-15)28(24,25)18-17-10-13(22)9-12(17)11-23(18)14-5-7-26-8-6-14/h1-4,12-14,17-19H,5-11,22H2/t12-,13+,17+,18+/m1/s1. The minimum absolute atomic E-state index is 0.000152. The van der Waals surface area contributed by atoms with Crippen molar-refractivity contribution in [3.63, 3.8) is 0 Å². The van der Waals surface area contributed by atoms with Gasteiger partial charge in [-0.3, -0.25) is 4.90 Å². The van der Waals surface area contributed by atoms with Crippen molar-refractivity contribution in [2.24, 2.45) is 17.6 Å². The van der Waals surface area contributed by atoms with Gasteiger partial charge in [-0.25, -0.2) is 8.42 Å². The number of halogens is 2. The molecule has 1 saturated carbocycles. The molecule has 2 saturated heterocycles. The summed E-state index contributed by atoms with van der Waals surface area (Å²) in [6.07, 6.45) is 3.18. The van der Waals surface area contributed by atoms with Crippen LogP contribution in [0.5, 0.6) is 5.75 Å². The number of alkyl halides is 2. The van der Waals surface area contributed by atoms with E-state index in [4.69, 9.17) is 10.5 Å². The van der Waals surface area contributed by atoms with Crippen LogP contribution in [0.1, 0.15) is 25.7 Å². The summed E-state index contributed by atoms with van der Waals surface area (Å²) in [5, 5.41) is -0.629. The van der Waals surface area contributed by atoms with Crippen LogP contribution in [0.25, 0.3) is 0 Å². The second-order valence-corrected chi connectivity index (χ2v) is 10.0. The summed E-state index contributed by atoms with van der Waals surface area (Å²) in [4.78, 5) is 2.28. The van der Waals surface area contributed by atoms with Crippen molar-refractivity contribution in [2.45, 2.75) is 54.6 Å². The molecule has 156 valence electrons. The molecule has 3 aliphatic rings. The van der Waals surface area contributed by atoms with Gasteiger partial charge in [-0.2, -0.15) is 8.78 Å². The van der Waals surface area contributed by atoms with Gasteiger partial charge in [0.15, 0.2) is 9.84 Å². The lowest BCUT2D eigenvalue weighted by atomic mass is 10.0. The average molecular weight is 416 g/mol. The number of nitrogens with zero attached hydrogens (tertiary/aromatic N) is 1. The van der Waals surface area contributed by atoms with E-state index in [2.05, 4.69) is 9.64 Å². The van der Waals surface area contributed by atoms with E-state index in [1.165, 1.54) is 24.3 Å². The van der Waals surface area contributed by atoms with Crippen LogP contribution >= 0.6 is 0 Å². The predicted molar refractivity (Wildman–Crippen MR) is 98.8 cm³/mol. The lowest BCUT2D eigenvalue weighted by Crippen LogP contribution is -2.48. The van der Waals surface area contributed by atoms with Crippen molar-refractivity contribution in [2.75, 3.05) is 19.8 Å². The Hall–Kier alpha value is -1.29. The van der Waals surface area contributed by atoms with Gasteiger partial charge in [-0.15, -0.1) is 0 Å². The Morgan fingerprint density at radius 1 is 1.14 bits per heavy atom. The molecule has 4 rings (SSSR count). The molecule has 1 aromatic carbocycles. The molecule has 0 unspecified atom stereocenters. The number of sulfone groups is 1. The molecule has 3 fully saturated rings. The maximum absolute atomic E-state index is 13.6. The van der Waals surface area contributed by atoms with E-state index in [0.717, 1.165) is 25.8 Å². The second kappa shape index (κ2) is 7.85. The average Bonchev–Trinajstić information content (AvgIpc) is 3.18. The molecule has 1 aliphatic carbocycles. The van der Waals surface area contributed by atoms with Crippen molar-refractivity contribution < 1.29 is 26.7 Å². The predicted octanol–water partition coefficient (Wildman–Crippen LogP) is 2.24. The molecular weight excluding hydrogens is 390 g/mol. The number of nitrogens with two attached hydrogens (primary N) is 1. The van der Waals surface area contributed by atoms with Gasteiger partial charge in [-0.1, -0.05) is 0 Å². The van der Waals surface area contributed by atoms with Gasteiger partial charge in [-0.05, 0) is 61.8 Å². The third kappa shape index (κ3) is 3.77. The van der Waals surface area contributed by atoms with Crippen LogP contribution in [0.3, 0.4) is 0 Å². The van der Waals surface area contributed by atoms with E-state index in [0.29, 0.717) is 19.6 Å². The fourth-order valence-corrected chi connectivity index (χ4v) is 7.32. The maximum atomic E-state index is 13.6. The zero-order chi connectivity index (χ0) is 19.9. The van der Waals surface area contributed by atoms with Crippen molar-refractivity contribution in [1.29, 1.82) is 0 Å². The molecule has 2 heterocycles. The second-order valence-electron chi connectivity index (χ2n) is 7.98. The molecule has 2 N–H and O–H groups in total. The Kier molecular flexibility index (Phi) is 5.61. The number of hydrogen-bond acceptors (Lipinski definition) is 6. The molecule has 0 bridgehead atoms. The zero-order valence-electron chi connectivity index (χ0n) is 15.5. The van der Waals surface area contributed by atoms with Crippen molar-refractivity contribution >= 4 is 9.84 Å². The first-order valence-electron chi connectivity index (χ1n) is 9.74. The molecule has 0 radical (unpaired) electrons. The molecule has 2 aliphatic heterocycles. The van der Waals surface area contributed by atoms with E-state index in [1.54, 1.807) is 0 Å². The maximum Gasteiger partial charge on any atom is 0.387 e. The van der Waals surface area contributed by atoms with E-state index >= 15 is 0 Å². The summed E-state index contributed by atoms with van der Waals surface area (Å²) in [6, 6.07) is 5.49.